The van der Waals surface area contributed by atoms with Crippen LogP contribution in [-0.4, -0.2) is 29.4 Å². The molecule has 2 saturated carbocycles. The highest BCUT2D eigenvalue weighted by atomic mass is 16.2. The van der Waals surface area contributed by atoms with E-state index in [9.17, 15) is 4.79 Å². The maximum absolute atomic E-state index is 12.5. The van der Waals surface area contributed by atoms with Crippen molar-refractivity contribution in [2.45, 2.75) is 57.5 Å². The first-order valence-electron chi connectivity index (χ1n) is 8.19. The fourth-order valence-corrected chi connectivity index (χ4v) is 3.48. The van der Waals surface area contributed by atoms with E-state index >= 15 is 0 Å². The summed E-state index contributed by atoms with van der Waals surface area (Å²) in [7, 11) is 0. The highest BCUT2D eigenvalue weighted by Crippen LogP contribution is 2.44. The monoisotopic (exact) mass is 286 g/mol. The molecule has 0 saturated heterocycles. The Hall–Kier alpha value is -1.35. The maximum atomic E-state index is 12.5. The van der Waals surface area contributed by atoms with Crippen LogP contribution in [0, 0.1) is 12.8 Å². The highest BCUT2D eigenvalue weighted by Gasteiger charge is 2.44. The van der Waals surface area contributed by atoms with Gasteiger partial charge in [0, 0.05) is 24.5 Å². The molecule has 1 amide bonds. The predicted molar refractivity (Wildman–Crippen MR) is 85.0 cm³/mol. The molecule has 0 aliphatic heterocycles. The Morgan fingerprint density at radius 2 is 1.95 bits per heavy atom. The lowest BCUT2D eigenvalue weighted by atomic mass is 9.73. The Bertz CT molecular complexity index is 518. The van der Waals surface area contributed by atoms with Crippen molar-refractivity contribution in [3.8, 4) is 0 Å². The van der Waals surface area contributed by atoms with Gasteiger partial charge in [0.05, 0.1) is 0 Å². The summed E-state index contributed by atoms with van der Waals surface area (Å²) in [6, 6.07) is 9.57. The van der Waals surface area contributed by atoms with Crippen LogP contribution in [0.4, 0.5) is 0 Å². The van der Waals surface area contributed by atoms with Gasteiger partial charge in [-0.05, 0) is 49.7 Å². The zero-order valence-electron chi connectivity index (χ0n) is 13.1. The van der Waals surface area contributed by atoms with Gasteiger partial charge < -0.3 is 10.6 Å². The molecule has 2 fully saturated rings. The van der Waals surface area contributed by atoms with E-state index in [2.05, 4.69) is 36.1 Å². The molecule has 0 spiro atoms. The fraction of sp³-hybridized carbons (Fsp3) is 0.611. The minimum Gasteiger partial charge on any atom is -0.336 e. The number of aryl methyl sites for hydroxylation is 1. The Kier molecular flexibility index (Phi) is 4.03. The summed E-state index contributed by atoms with van der Waals surface area (Å²) in [5, 5.41) is 0. The van der Waals surface area contributed by atoms with Gasteiger partial charge in [-0.15, -0.1) is 0 Å². The van der Waals surface area contributed by atoms with E-state index in [1.165, 1.54) is 24.0 Å². The summed E-state index contributed by atoms with van der Waals surface area (Å²) in [5.41, 5.74) is 8.52. The van der Waals surface area contributed by atoms with Crippen molar-refractivity contribution in [2.24, 2.45) is 11.7 Å². The number of rotatable bonds is 5. The molecule has 3 nitrogen and oxygen atoms in total. The van der Waals surface area contributed by atoms with Gasteiger partial charge in [-0.3, -0.25) is 4.79 Å². The molecule has 2 aliphatic carbocycles. The number of hydrogen-bond acceptors (Lipinski definition) is 2. The standard InChI is InChI=1S/C18H26N2O/c1-12-5-3-4-6-17(12)14-9-16(10-14)20(15-7-8-15)18(21)13(2)11-19/h3-6,13-16H,7-11,19H2,1-2H3. The van der Waals surface area contributed by atoms with Crippen molar-refractivity contribution in [3.63, 3.8) is 0 Å². The third-order valence-corrected chi connectivity index (χ3v) is 5.10. The number of nitrogens with two attached hydrogens (primary N) is 1. The number of amides is 1. The second-order valence-electron chi connectivity index (χ2n) is 6.79. The van der Waals surface area contributed by atoms with Gasteiger partial charge in [0.15, 0.2) is 0 Å². The second-order valence-corrected chi connectivity index (χ2v) is 6.79. The Morgan fingerprint density at radius 3 is 2.52 bits per heavy atom. The first-order valence-corrected chi connectivity index (χ1v) is 8.19. The van der Waals surface area contributed by atoms with Gasteiger partial charge in [-0.25, -0.2) is 0 Å². The molecule has 21 heavy (non-hydrogen) atoms. The van der Waals surface area contributed by atoms with Gasteiger partial charge >= 0.3 is 0 Å². The van der Waals surface area contributed by atoms with Crippen LogP contribution in [0.1, 0.15) is 49.7 Å². The predicted octanol–water partition coefficient (Wildman–Crippen LogP) is 2.83. The molecule has 2 N–H and O–H groups in total. The maximum Gasteiger partial charge on any atom is 0.227 e. The molecule has 2 aliphatic rings. The van der Waals surface area contributed by atoms with Crippen LogP contribution in [0.3, 0.4) is 0 Å². The van der Waals surface area contributed by atoms with Crippen LogP contribution >= 0.6 is 0 Å². The van der Waals surface area contributed by atoms with E-state index in [-0.39, 0.29) is 11.8 Å². The Balaban J connectivity index is 1.66. The molecular weight excluding hydrogens is 260 g/mol. The summed E-state index contributed by atoms with van der Waals surface area (Å²) in [4.78, 5) is 14.7. The molecule has 3 rings (SSSR count). The lowest BCUT2D eigenvalue weighted by Gasteiger charge is -2.44. The summed E-state index contributed by atoms with van der Waals surface area (Å²) >= 11 is 0. The molecule has 1 aromatic carbocycles. The lowest BCUT2D eigenvalue weighted by Crippen LogP contribution is -2.51. The Labute approximate surface area is 127 Å². The molecule has 1 unspecified atom stereocenters. The SMILES string of the molecule is Cc1ccccc1C1CC(N(C(=O)C(C)CN)C2CC2)C1. The molecule has 3 heteroatoms. The van der Waals surface area contributed by atoms with Crippen molar-refractivity contribution in [3.05, 3.63) is 35.4 Å². The number of nitrogens with zero attached hydrogens (tertiary/aromatic N) is 1. The Morgan fingerprint density at radius 1 is 1.29 bits per heavy atom. The van der Waals surface area contributed by atoms with Gasteiger partial charge in [0.1, 0.15) is 0 Å². The number of carbonyl (C=O) groups is 1. The van der Waals surface area contributed by atoms with Gasteiger partial charge in [-0.1, -0.05) is 31.2 Å². The number of carbonyl (C=O) groups excluding carboxylic acids is 1. The summed E-state index contributed by atoms with van der Waals surface area (Å²) in [5.74, 6) is 0.856. The quantitative estimate of drug-likeness (QED) is 0.904. The summed E-state index contributed by atoms with van der Waals surface area (Å²) in [6.07, 6.45) is 4.58. The molecular formula is C18H26N2O. The average molecular weight is 286 g/mol. The van der Waals surface area contributed by atoms with Gasteiger partial charge in [-0.2, -0.15) is 0 Å². The van der Waals surface area contributed by atoms with Crippen molar-refractivity contribution in [1.82, 2.24) is 4.90 Å². The van der Waals surface area contributed by atoms with E-state index < -0.39 is 0 Å². The van der Waals surface area contributed by atoms with E-state index in [0.717, 1.165) is 12.8 Å². The number of hydrogen-bond donors (Lipinski definition) is 1. The first-order chi connectivity index (χ1) is 10.1. The number of benzene rings is 1. The largest absolute Gasteiger partial charge is 0.336 e. The first kappa shape index (κ1) is 14.6. The lowest BCUT2D eigenvalue weighted by molar-refractivity contribution is -0.140. The van der Waals surface area contributed by atoms with E-state index in [1.54, 1.807) is 0 Å². The summed E-state index contributed by atoms with van der Waals surface area (Å²) in [6.45, 7) is 4.59. The molecule has 1 aromatic rings. The third-order valence-electron chi connectivity index (χ3n) is 5.10. The molecule has 114 valence electrons. The van der Waals surface area contributed by atoms with Crippen LogP contribution in [0.2, 0.25) is 0 Å². The van der Waals surface area contributed by atoms with E-state index in [1.807, 2.05) is 6.92 Å². The molecule has 0 heterocycles. The smallest absolute Gasteiger partial charge is 0.227 e. The van der Waals surface area contributed by atoms with Crippen molar-refractivity contribution >= 4 is 5.91 Å². The second kappa shape index (κ2) is 5.80. The minimum absolute atomic E-state index is 0.0388. The van der Waals surface area contributed by atoms with Crippen molar-refractivity contribution < 1.29 is 4.79 Å². The average Bonchev–Trinajstić information content (AvgIpc) is 3.26. The molecule has 0 aromatic heterocycles. The fourth-order valence-electron chi connectivity index (χ4n) is 3.48. The van der Waals surface area contributed by atoms with E-state index in [4.69, 9.17) is 5.73 Å². The molecule has 0 radical (unpaired) electrons. The third kappa shape index (κ3) is 2.84. The molecule has 0 bridgehead atoms. The molecule has 1 atom stereocenters. The minimum atomic E-state index is -0.0388. The van der Waals surface area contributed by atoms with Crippen LogP contribution in [0.25, 0.3) is 0 Å². The van der Waals surface area contributed by atoms with Crippen molar-refractivity contribution in [1.29, 1.82) is 0 Å². The van der Waals surface area contributed by atoms with Crippen LogP contribution in [-0.2, 0) is 4.79 Å². The van der Waals surface area contributed by atoms with Crippen LogP contribution in [0.15, 0.2) is 24.3 Å². The van der Waals surface area contributed by atoms with Gasteiger partial charge in [0.2, 0.25) is 5.91 Å². The van der Waals surface area contributed by atoms with Gasteiger partial charge in [0.25, 0.3) is 0 Å². The zero-order valence-corrected chi connectivity index (χ0v) is 13.1. The van der Waals surface area contributed by atoms with Crippen LogP contribution < -0.4 is 5.73 Å². The summed E-state index contributed by atoms with van der Waals surface area (Å²) < 4.78 is 0. The van der Waals surface area contributed by atoms with Crippen LogP contribution in [0.5, 0.6) is 0 Å². The normalized spacial score (nSPS) is 26.0. The zero-order chi connectivity index (χ0) is 15.0. The van der Waals surface area contributed by atoms with E-state index in [0.29, 0.717) is 24.5 Å². The topological polar surface area (TPSA) is 46.3 Å². The van der Waals surface area contributed by atoms with Crippen molar-refractivity contribution in [2.75, 3.05) is 6.54 Å². The highest BCUT2D eigenvalue weighted by molar-refractivity contribution is 5.80.